The van der Waals surface area contributed by atoms with Gasteiger partial charge in [0.15, 0.2) is 6.04 Å². The summed E-state index contributed by atoms with van der Waals surface area (Å²) in [5.74, 6) is -0.572. The fourth-order valence-corrected chi connectivity index (χ4v) is 2.60. The minimum Gasteiger partial charge on any atom is -0.598 e. The molecule has 0 aliphatic heterocycles. The van der Waals surface area contributed by atoms with Crippen LogP contribution in [0.2, 0.25) is 0 Å². The highest BCUT2D eigenvalue weighted by molar-refractivity contribution is 7.90. The van der Waals surface area contributed by atoms with Crippen molar-refractivity contribution in [2.45, 2.75) is 64.0 Å². The number of nitrogens with one attached hydrogen (secondary N) is 1. The topological polar surface area (TPSA) is 110 Å². The summed E-state index contributed by atoms with van der Waals surface area (Å²) < 4.78 is 35.0. The smallest absolute Gasteiger partial charge is 0.509 e. The lowest BCUT2D eigenvalue weighted by atomic mass is 10.1. The third kappa shape index (κ3) is 6.89. The molecule has 0 aromatic carbocycles. The van der Waals surface area contributed by atoms with Crippen LogP contribution in [0.3, 0.4) is 0 Å². The molecule has 0 radical (unpaired) electrons. The van der Waals surface area contributed by atoms with E-state index in [-0.39, 0.29) is 5.76 Å². The third-order valence-corrected chi connectivity index (χ3v) is 4.57. The van der Waals surface area contributed by atoms with Gasteiger partial charge in [0.05, 0.1) is 13.4 Å². The molecule has 26 heavy (non-hydrogen) atoms. The van der Waals surface area contributed by atoms with Crippen LogP contribution in [0.1, 0.15) is 53.3 Å². The molecule has 9 heteroatoms. The zero-order valence-corrected chi connectivity index (χ0v) is 17.0. The highest BCUT2D eigenvalue weighted by Crippen LogP contribution is 2.26. The second-order valence-corrected chi connectivity index (χ2v) is 9.52. The number of hydrogen-bond acceptors (Lipinski definition) is 8. The maximum absolute atomic E-state index is 12.5. The number of carbonyl (C=O) groups excluding carboxylic acids is 2. The van der Waals surface area contributed by atoms with Crippen molar-refractivity contribution in [3.05, 3.63) is 24.2 Å². The van der Waals surface area contributed by atoms with E-state index in [1.54, 1.807) is 53.7 Å². The number of hydrogen-bond donors (Lipinski definition) is 1. The van der Waals surface area contributed by atoms with Crippen molar-refractivity contribution >= 4 is 23.5 Å². The maximum atomic E-state index is 12.5. The molecule has 0 fully saturated rings. The van der Waals surface area contributed by atoms with E-state index < -0.39 is 46.0 Å². The third-order valence-electron chi connectivity index (χ3n) is 2.99. The second kappa shape index (κ2) is 8.79. The van der Waals surface area contributed by atoms with Crippen LogP contribution in [0.5, 0.6) is 0 Å². The van der Waals surface area contributed by atoms with E-state index in [4.69, 9.17) is 18.6 Å². The van der Waals surface area contributed by atoms with E-state index in [1.165, 1.54) is 6.26 Å². The van der Waals surface area contributed by atoms with Crippen LogP contribution in [-0.4, -0.2) is 40.2 Å². The molecule has 148 valence electrons. The first-order valence-corrected chi connectivity index (χ1v) is 9.19. The highest BCUT2D eigenvalue weighted by Gasteiger charge is 2.42. The van der Waals surface area contributed by atoms with Gasteiger partial charge < -0.3 is 23.2 Å². The molecule has 0 spiro atoms. The molecule has 1 unspecified atom stereocenters. The quantitative estimate of drug-likeness (QED) is 0.584. The fourth-order valence-electron chi connectivity index (χ4n) is 1.78. The van der Waals surface area contributed by atoms with E-state index in [1.807, 2.05) is 0 Å². The first-order valence-electron chi connectivity index (χ1n) is 8.04. The fraction of sp³-hybridized carbons (Fsp3) is 0.647. The average molecular weight is 389 g/mol. The molecular formula is C17H27NO7S. The Morgan fingerprint density at radius 3 is 2.27 bits per heavy atom. The predicted octanol–water partition coefficient (Wildman–Crippen LogP) is 2.87. The Labute approximate surface area is 156 Å². The van der Waals surface area contributed by atoms with Crippen LogP contribution in [-0.2, 0) is 30.4 Å². The van der Waals surface area contributed by atoms with Crippen molar-refractivity contribution in [2.24, 2.45) is 0 Å². The molecule has 8 nitrogen and oxygen atoms in total. The molecule has 1 aromatic rings. The van der Waals surface area contributed by atoms with Crippen LogP contribution in [0.25, 0.3) is 0 Å². The van der Waals surface area contributed by atoms with Crippen molar-refractivity contribution < 1.29 is 32.8 Å². The van der Waals surface area contributed by atoms with Gasteiger partial charge >= 0.3 is 12.1 Å². The van der Waals surface area contributed by atoms with Crippen molar-refractivity contribution in [1.29, 1.82) is 0 Å². The Morgan fingerprint density at radius 2 is 1.85 bits per heavy atom. The van der Waals surface area contributed by atoms with E-state index >= 15 is 0 Å². The van der Waals surface area contributed by atoms with Gasteiger partial charge in [-0.2, -0.15) is 0 Å². The summed E-state index contributed by atoms with van der Waals surface area (Å²) in [6.07, 6.45) is -1.11. The lowest BCUT2D eigenvalue weighted by molar-refractivity contribution is -0.155. The van der Waals surface area contributed by atoms with Crippen molar-refractivity contribution in [2.75, 3.05) is 7.11 Å². The molecule has 1 rings (SSSR count). The van der Waals surface area contributed by atoms with E-state index in [0.29, 0.717) is 0 Å². The van der Waals surface area contributed by atoms with Gasteiger partial charge in [0.2, 0.25) is 6.10 Å². The van der Waals surface area contributed by atoms with Gasteiger partial charge in [0.1, 0.15) is 16.1 Å². The number of carbonyl (C=O) groups is 2. The average Bonchev–Trinajstić information content (AvgIpc) is 3.00. The van der Waals surface area contributed by atoms with Gasteiger partial charge in [-0.3, -0.25) is 0 Å². The van der Waals surface area contributed by atoms with Gasteiger partial charge in [0, 0.05) is 11.4 Å². The summed E-state index contributed by atoms with van der Waals surface area (Å²) >= 11 is -1.57. The molecule has 1 aromatic heterocycles. The molecular weight excluding hydrogens is 362 g/mol. The minimum absolute atomic E-state index is 0.265. The lowest BCUT2D eigenvalue weighted by Crippen LogP contribution is -2.48. The molecule has 0 saturated carbocycles. The lowest BCUT2D eigenvalue weighted by Gasteiger charge is -2.30. The Bertz CT molecular complexity index is 589. The Balaban J connectivity index is 3.13. The highest BCUT2D eigenvalue weighted by atomic mass is 32.2. The Kier molecular flexibility index (Phi) is 7.55. The maximum Gasteiger partial charge on any atom is 0.509 e. The number of furan rings is 1. The monoisotopic (exact) mass is 389 g/mol. The van der Waals surface area contributed by atoms with Crippen LogP contribution in [0, 0.1) is 0 Å². The summed E-state index contributed by atoms with van der Waals surface area (Å²) in [7, 11) is 1.16. The van der Waals surface area contributed by atoms with Crippen LogP contribution in [0.15, 0.2) is 22.8 Å². The van der Waals surface area contributed by atoms with Gasteiger partial charge in [-0.1, -0.05) is 0 Å². The summed E-state index contributed by atoms with van der Waals surface area (Å²) in [5.41, 5.74) is -0.806. The Morgan fingerprint density at radius 1 is 1.23 bits per heavy atom. The number of esters is 1. The number of rotatable bonds is 6. The first kappa shape index (κ1) is 22.3. The molecule has 1 N–H and O–H groups in total. The molecule has 0 aliphatic rings. The largest absolute Gasteiger partial charge is 0.598 e. The van der Waals surface area contributed by atoms with Crippen molar-refractivity contribution in [1.82, 2.24) is 4.72 Å². The minimum atomic E-state index is -1.57. The van der Waals surface area contributed by atoms with E-state index in [2.05, 4.69) is 4.72 Å². The molecule has 0 saturated heterocycles. The SMILES string of the molecule is COC(=O)[C@@H](OC(=O)OC(C)(C)C)[C@H](N[S+]([O-])C(C)(C)C)c1ccco1. The summed E-state index contributed by atoms with van der Waals surface area (Å²) in [6.45, 7) is 10.3. The number of methoxy groups -OCH3 is 1. The Hall–Kier alpha value is -1.71. The normalized spacial score (nSPS) is 15.7. The van der Waals surface area contributed by atoms with Gasteiger partial charge in [-0.05, 0) is 53.7 Å². The van der Waals surface area contributed by atoms with Gasteiger partial charge in [0.25, 0.3) is 0 Å². The summed E-state index contributed by atoms with van der Waals surface area (Å²) in [5, 5.41) is 0. The first-order chi connectivity index (χ1) is 11.8. The number of ether oxygens (including phenoxy) is 3. The summed E-state index contributed by atoms with van der Waals surface area (Å²) in [4.78, 5) is 24.3. The van der Waals surface area contributed by atoms with Crippen LogP contribution in [0.4, 0.5) is 4.79 Å². The standard InChI is InChI=1S/C17H27NO7S/c1-16(2,3)25-15(20)24-13(14(19)22-7)12(11-9-8-10-23-11)18-26(21)17(4,5)6/h8-10,12-13,18H,1-7H3/t12-,13+,26?/m1/s1. The van der Waals surface area contributed by atoms with E-state index in [0.717, 1.165) is 7.11 Å². The molecule has 1 heterocycles. The van der Waals surface area contributed by atoms with E-state index in [9.17, 15) is 14.1 Å². The zero-order chi connectivity index (χ0) is 20.1. The van der Waals surface area contributed by atoms with Crippen LogP contribution < -0.4 is 4.72 Å². The van der Waals surface area contributed by atoms with Crippen molar-refractivity contribution in [3.63, 3.8) is 0 Å². The van der Waals surface area contributed by atoms with Gasteiger partial charge in [-0.15, -0.1) is 4.72 Å². The molecule has 3 atom stereocenters. The predicted molar refractivity (Wildman–Crippen MR) is 95.6 cm³/mol. The molecule has 0 aliphatic carbocycles. The van der Waals surface area contributed by atoms with Crippen LogP contribution >= 0.6 is 0 Å². The van der Waals surface area contributed by atoms with Crippen molar-refractivity contribution in [3.8, 4) is 0 Å². The second-order valence-electron chi connectivity index (χ2n) is 7.52. The van der Waals surface area contributed by atoms with Gasteiger partial charge in [-0.25, -0.2) is 9.59 Å². The molecule has 0 amide bonds. The molecule has 0 bridgehead atoms. The zero-order valence-electron chi connectivity index (χ0n) is 16.2. The summed E-state index contributed by atoms with van der Waals surface area (Å²) in [6, 6.07) is 2.16.